The first-order chi connectivity index (χ1) is 11.3. The van der Waals surface area contributed by atoms with Crippen LogP contribution in [0.3, 0.4) is 0 Å². The molecule has 1 aliphatic rings. The lowest BCUT2D eigenvalue weighted by atomic mass is 10.1. The zero-order chi connectivity index (χ0) is 17.3. The Balaban J connectivity index is 1.86. The summed E-state index contributed by atoms with van der Waals surface area (Å²) in [5.74, 6) is -1.16. The first-order valence-corrected chi connectivity index (χ1v) is 6.80. The first-order valence-electron chi connectivity index (χ1n) is 6.80. The van der Waals surface area contributed by atoms with Crippen LogP contribution in [0.25, 0.3) is 0 Å². The average Bonchev–Trinajstić information content (AvgIpc) is 2.53. The molecule has 2 aromatic rings. The molecule has 0 fully saturated rings. The van der Waals surface area contributed by atoms with E-state index in [1.54, 1.807) is 0 Å². The summed E-state index contributed by atoms with van der Waals surface area (Å²) < 4.78 is 49.0. The molecule has 0 bridgehead atoms. The Hall–Kier alpha value is -3.03. The molecule has 1 N–H and O–H groups in total. The molecule has 24 heavy (non-hydrogen) atoms. The number of carbonyl (C=O) groups excluding carboxylic acids is 2. The Morgan fingerprint density at radius 3 is 2.67 bits per heavy atom. The fraction of sp³-hybridized carbons (Fsp3) is 0.125. The van der Waals surface area contributed by atoms with E-state index in [-0.39, 0.29) is 24.0 Å². The van der Waals surface area contributed by atoms with Crippen LogP contribution >= 0.6 is 0 Å². The van der Waals surface area contributed by atoms with Crippen LogP contribution in [-0.2, 0) is 11.0 Å². The van der Waals surface area contributed by atoms with Crippen molar-refractivity contribution in [1.82, 2.24) is 0 Å². The van der Waals surface area contributed by atoms with Gasteiger partial charge in [-0.15, -0.1) is 0 Å². The van der Waals surface area contributed by atoms with Crippen molar-refractivity contribution in [3.63, 3.8) is 0 Å². The molecular formula is C16H10F3NO4. The molecule has 5 nitrogen and oxygen atoms in total. The number of esters is 1. The second-order valence-corrected chi connectivity index (χ2v) is 4.93. The average molecular weight is 337 g/mol. The number of carbonyl (C=O) groups is 2. The van der Waals surface area contributed by atoms with Gasteiger partial charge in [0.25, 0.3) is 5.91 Å². The third-order valence-electron chi connectivity index (χ3n) is 3.25. The van der Waals surface area contributed by atoms with E-state index in [0.29, 0.717) is 5.75 Å². The van der Waals surface area contributed by atoms with Crippen LogP contribution in [0, 0.1) is 0 Å². The predicted octanol–water partition coefficient (Wildman–Crippen LogP) is 3.26. The summed E-state index contributed by atoms with van der Waals surface area (Å²) >= 11 is 0. The topological polar surface area (TPSA) is 64.6 Å². The van der Waals surface area contributed by atoms with Crippen molar-refractivity contribution in [3.05, 3.63) is 53.6 Å². The normalized spacial score (nSPS) is 13.5. The van der Waals surface area contributed by atoms with Crippen molar-refractivity contribution in [2.24, 2.45) is 0 Å². The molecule has 0 saturated carbocycles. The summed E-state index contributed by atoms with van der Waals surface area (Å²) in [4.78, 5) is 23.3. The van der Waals surface area contributed by atoms with Crippen LogP contribution in [-0.4, -0.2) is 18.5 Å². The van der Waals surface area contributed by atoms with Crippen molar-refractivity contribution in [2.45, 2.75) is 6.18 Å². The largest absolute Gasteiger partial charge is 0.482 e. The number of ether oxygens (including phenoxy) is 2. The van der Waals surface area contributed by atoms with Gasteiger partial charge < -0.3 is 14.8 Å². The fourth-order valence-corrected chi connectivity index (χ4v) is 2.20. The molecule has 0 atom stereocenters. The highest BCUT2D eigenvalue weighted by atomic mass is 19.4. The number of rotatable bonds is 2. The van der Waals surface area contributed by atoms with Gasteiger partial charge in [-0.3, -0.25) is 4.79 Å². The summed E-state index contributed by atoms with van der Waals surface area (Å²) in [5.41, 5.74) is -1.40. The molecule has 124 valence electrons. The van der Waals surface area contributed by atoms with E-state index >= 15 is 0 Å². The quantitative estimate of drug-likeness (QED) is 0.675. The van der Waals surface area contributed by atoms with Crippen molar-refractivity contribution < 1.29 is 32.2 Å². The Bertz CT molecular complexity index is 817. The minimum Gasteiger partial charge on any atom is -0.482 e. The Morgan fingerprint density at radius 2 is 1.92 bits per heavy atom. The molecule has 0 aliphatic carbocycles. The zero-order valence-electron chi connectivity index (χ0n) is 12.0. The van der Waals surface area contributed by atoms with Crippen LogP contribution in [0.1, 0.15) is 15.9 Å². The fourth-order valence-electron chi connectivity index (χ4n) is 2.20. The number of halogens is 3. The van der Waals surface area contributed by atoms with Crippen molar-refractivity contribution in [2.75, 3.05) is 11.9 Å². The van der Waals surface area contributed by atoms with Gasteiger partial charge in [0.05, 0.1) is 16.8 Å². The van der Waals surface area contributed by atoms with Gasteiger partial charge in [-0.05, 0) is 24.3 Å². The number of hydrogen-bond donors (Lipinski definition) is 1. The molecule has 1 heterocycles. The van der Waals surface area contributed by atoms with E-state index in [4.69, 9.17) is 9.47 Å². The molecule has 0 aromatic heterocycles. The predicted molar refractivity (Wildman–Crippen MR) is 77.0 cm³/mol. The summed E-state index contributed by atoms with van der Waals surface area (Å²) in [6, 6.07) is 8.46. The Labute approximate surface area is 134 Å². The maximum atomic E-state index is 12.9. The molecule has 2 aromatic carbocycles. The van der Waals surface area contributed by atoms with Crippen LogP contribution in [0.15, 0.2) is 42.5 Å². The number of alkyl halides is 3. The van der Waals surface area contributed by atoms with Gasteiger partial charge in [-0.1, -0.05) is 12.1 Å². The summed E-state index contributed by atoms with van der Waals surface area (Å²) in [7, 11) is 0. The third kappa shape index (κ3) is 3.17. The van der Waals surface area contributed by atoms with Gasteiger partial charge in [0, 0.05) is 6.07 Å². The van der Waals surface area contributed by atoms with Gasteiger partial charge in [0.2, 0.25) is 0 Å². The highest BCUT2D eigenvalue weighted by Gasteiger charge is 2.35. The lowest BCUT2D eigenvalue weighted by Crippen LogP contribution is -2.25. The van der Waals surface area contributed by atoms with E-state index in [9.17, 15) is 22.8 Å². The molecule has 0 unspecified atom stereocenters. The SMILES string of the molecule is O=C1COc2ccc(OC(=O)c3ccccc3C(F)(F)F)cc2N1. The Morgan fingerprint density at radius 1 is 1.17 bits per heavy atom. The molecule has 0 spiro atoms. The maximum absolute atomic E-state index is 12.9. The highest BCUT2D eigenvalue weighted by molar-refractivity contribution is 5.96. The lowest BCUT2D eigenvalue weighted by Gasteiger charge is -2.18. The first kappa shape index (κ1) is 15.9. The summed E-state index contributed by atoms with van der Waals surface area (Å²) in [6.07, 6.45) is -4.67. The smallest absolute Gasteiger partial charge is 0.417 e. The van der Waals surface area contributed by atoms with Gasteiger partial charge in [0.1, 0.15) is 11.5 Å². The highest BCUT2D eigenvalue weighted by Crippen LogP contribution is 2.34. The van der Waals surface area contributed by atoms with E-state index in [2.05, 4.69) is 5.32 Å². The van der Waals surface area contributed by atoms with Gasteiger partial charge in [-0.25, -0.2) is 4.79 Å². The van der Waals surface area contributed by atoms with E-state index in [0.717, 1.165) is 12.1 Å². The molecule has 1 amide bonds. The van der Waals surface area contributed by atoms with Crippen molar-refractivity contribution in [1.29, 1.82) is 0 Å². The van der Waals surface area contributed by atoms with Crippen LogP contribution < -0.4 is 14.8 Å². The van der Waals surface area contributed by atoms with Crippen LogP contribution in [0.5, 0.6) is 11.5 Å². The minimum absolute atomic E-state index is 0.0125. The van der Waals surface area contributed by atoms with Crippen molar-refractivity contribution >= 4 is 17.6 Å². The van der Waals surface area contributed by atoms with E-state index < -0.39 is 23.3 Å². The third-order valence-corrected chi connectivity index (χ3v) is 3.25. The van der Waals surface area contributed by atoms with Gasteiger partial charge in [-0.2, -0.15) is 13.2 Å². The molecule has 0 radical (unpaired) electrons. The number of nitrogens with one attached hydrogen (secondary N) is 1. The second kappa shape index (κ2) is 5.88. The molecule has 1 aliphatic heterocycles. The summed E-state index contributed by atoms with van der Waals surface area (Å²) in [6.45, 7) is -0.134. The summed E-state index contributed by atoms with van der Waals surface area (Å²) in [5, 5.41) is 2.51. The zero-order valence-corrected chi connectivity index (χ0v) is 12.0. The van der Waals surface area contributed by atoms with Crippen LogP contribution in [0.4, 0.5) is 18.9 Å². The van der Waals surface area contributed by atoms with Gasteiger partial charge in [0.15, 0.2) is 6.61 Å². The molecule has 0 saturated heterocycles. The van der Waals surface area contributed by atoms with E-state index in [1.807, 2.05) is 0 Å². The van der Waals surface area contributed by atoms with E-state index in [1.165, 1.54) is 30.3 Å². The lowest BCUT2D eigenvalue weighted by molar-refractivity contribution is -0.138. The standard InChI is InChI=1S/C16H10F3NO4/c17-16(18,19)11-4-2-1-3-10(11)15(22)24-9-5-6-13-12(7-9)20-14(21)8-23-13/h1-7H,8H2,(H,20,21). The molecule has 3 rings (SSSR count). The van der Waals surface area contributed by atoms with Crippen LogP contribution in [0.2, 0.25) is 0 Å². The number of amides is 1. The molecule has 8 heteroatoms. The van der Waals surface area contributed by atoms with Crippen molar-refractivity contribution in [3.8, 4) is 11.5 Å². The monoisotopic (exact) mass is 337 g/mol. The van der Waals surface area contributed by atoms with Gasteiger partial charge >= 0.3 is 12.1 Å². The number of benzene rings is 2. The second-order valence-electron chi connectivity index (χ2n) is 4.93. The number of fused-ring (bicyclic) bond motifs is 1. The number of hydrogen-bond acceptors (Lipinski definition) is 4. The number of anilines is 1. The molecular weight excluding hydrogens is 327 g/mol. The maximum Gasteiger partial charge on any atom is 0.417 e. The Kier molecular flexibility index (Phi) is 3.88. The minimum atomic E-state index is -4.67.